The van der Waals surface area contributed by atoms with E-state index in [9.17, 15) is 29.4 Å². The van der Waals surface area contributed by atoms with Gasteiger partial charge in [-0.05, 0) is 69.0 Å². The summed E-state index contributed by atoms with van der Waals surface area (Å²) in [5.41, 5.74) is 6.80. The van der Waals surface area contributed by atoms with Gasteiger partial charge in [0.15, 0.2) is 0 Å². The summed E-state index contributed by atoms with van der Waals surface area (Å²) in [4.78, 5) is 55.0. The molecule has 3 aromatic rings. The third-order valence-electron chi connectivity index (χ3n) is 7.74. The van der Waals surface area contributed by atoms with E-state index in [1.54, 1.807) is 63.4 Å². The van der Waals surface area contributed by atoms with Crippen molar-refractivity contribution in [3.63, 3.8) is 0 Å². The highest BCUT2D eigenvalue weighted by Gasteiger charge is 2.32. The number of hydrazine groups is 2. The van der Waals surface area contributed by atoms with Gasteiger partial charge in [-0.1, -0.05) is 54.1 Å². The van der Waals surface area contributed by atoms with Gasteiger partial charge in [0, 0.05) is 30.4 Å². The highest BCUT2D eigenvalue weighted by molar-refractivity contribution is 6.31. The lowest BCUT2D eigenvalue weighted by molar-refractivity contribution is -0.144. The number of benzene rings is 2. The monoisotopic (exact) mass is 650 g/mol. The third kappa shape index (κ3) is 8.59. The minimum Gasteiger partial charge on any atom is -0.481 e. The molecule has 1 aliphatic rings. The normalized spacial score (nSPS) is 16.6. The number of aliphatic hydroxyl groups excluding tert-OH is 1. The molecule has 3 atom stereocenters. The fourth-order valence-corrected chi connectivity index (χ4v) is 5.01. The molecule has 13 heteroatoms. The van der Waals surface area contributed by atoms with Gasteiger partial charge in [0.2, 0.25) is 5.91 Å². The molecule has 3 amide bonds. The van der Waals surface area contributed by atoms with Crippen LogP contribution in [0.2, 0.25) is 5.02 Å². The molecule has 0 aliphatic carbocycles. The van der Waals surface area contributed by atoms with E-state index in [0.29, 0.717) is 41.3 Å². The van der Waals surface area contributed by atoms with Crippen molar-refractivity contribution in [2.75, 3.05) is 18.6 Å². The van der Waals surface area contributed by atoms with Gasteiger partial charge >= 0.3 is 5.97 Å². The highest BCUT2D eigenvalue weighted by Crippen LogP contribution is 2.23. The van der Waals surface area contributed by atoms with Crippen molar-refractivity contribution in [1.82, 2.24) is 26.2 Å². The Bertz CT molecular complexity index is 1650. The number of aliphatic hydroxyl groups is 1. The lowest BCUT2D eigenvalue weighted by Crippen LogP contribution is -2.62. The SMILES string of the molecule is CC(NC(=O)C(O)Cc1ccccc1Cl)C(=O)N1CCC[C@@H](C(=O)NN(C)c2ccc3ccc(/C=C/C(C)(C)C(=O)O)cc3n2)N1. The Morgan fingerprint density at radius 3 is 2.61 bits per heavy atom. The molecule has 0 bridgehead atoms. The largest absolute Gasteiger partial charge is 0.481 e. The summed E-state index contributed by atoms with van der Waals surface area (Å²) in [6, 6.07) is 14.4. The number of halogens is 1. The number of aliphatic carboxylic acids is 1. The van der Waals surface area contributed by atoms with Crippen LogP contribution in [0.25, 0.3) is 17.0 Å². The quantitative estimate of drug-likeness (QED) is 0.196. The van der Waals surface area contributed by atoms with Gasteiger partial charge in [0.05, 0.1) is 10.9 Å². The number of aromatic nitrogens is 1. The van der Waals surface area contributed by atoms with Gasteiger partial charge in [-0.25, -0.2) is 10.4 Å². The zero-order chi connectivity index (χ0) is 33.6. The predicted octanol–water partition coefficient (Wildman–Crippen LogP) is 3.08. The number of hydrogen-bond acceptors (Lipinski definition) is 8. The second-order valence-electron chi connectivity index (χ2n) is 11.9. The fraction of sp³-hybridized carbons (Fsp3) is 0.364. The van der Waals surface area contributed by atoms with Crippen LogP contribution in [-0.2, 0) is 25.6 Å². The summed E-state index contributed by atoms with van der Waals surface area (Å²) in [5.74, 6) is -1.98. The van der Waals surface area contributed by atoms with Crippen LogP contribution >= 0.6 is 11.6 Å². The molecule has 5 N–H and O–H groups in total. The molecule has 2 heterocycles. The van der Waals surface area contributed by atoms with Crippen LogP contribution in [0, 0.1) is 5.41 Å². The summed E-state index contributed by atoms with van der Waals surface area (Å²) < 4.78 is 0. The third-order valence-corrected chi connectivity index (χ3v) is 8.11. The van der Waals surface area contributed by atoms with Crippen molar-refractivity contribution in [2.24, 2.45) is 5.41 Å². The lowest BCUT2D eigenvalue weighted by Gasteiger charge is -2.35. The van der Waals surface area contributed by atoms with Crippen molar-refractivity contribution >= 4 is 58.1 Å². The van der Waals surface area contributed by atoms with E-state index in [4.69, 9.17) is 11.6 Å². The van der Waals surface area contributed by atoms with E-state index >= 15 is 0 Å². The Morgan fingerprint density at radius 1 is 1.17 bits per heavy atom. The molecule has 4 rings (SSSR count). The number of nitrogens with one attached hydrogen (secondary N) is 3. The first-order chi connectivity index (χ1) is 21.7. The average molecular weight is 651 g/mol. The van der Waals surface area contributed by atoms with Crippen LogP contribution in [0.5, 0.6) is 0 Å². The first-order valence-electron chi connectivity index (χ1n) is 14.9. The Hall–Kier alpha value is -4.52. The molecule has 1 aliphatic heterocycles. The van der Waals surface area contributed by atoms with Gasteiger partial charge in [0.1, 0.15) is 24.0 Å². The van der Waals surface area contributed by atoms with Gasteiger partial charge in [0.25, 0.3) is 11.8 Å². The summed E-state index contributed by atoms with van der Waals surface area (Å²) in [5, 5.41) is 26.4. The number of anilines is 1. The molecule has 2 aromatic carbocycles. The zero-order valence-electron chi connectivity index (χ0n) is 26.2. The first kappa shape index (κ1) is 34.4. The minimum atomic E-state index is -1.39. The minimum absolute atomic E-state index is 0.000439. The number of carbonyl (C=O) groups excluding carboxylic acids is 3. The molecular formula is C33H39ClN6O6. The van der Waals surface area contributed by atoms with E-state index in [0.717, 1.165) is 10.9 Å². The van der Waals surface area contributed by atoms with Crippen molar-refractivity contribution in [3.05, 3.63) is 76.8 Å². The van der Waals surface area contributed by atoms with Crippen LogP contribution < -0.4 is 21.2 Å². The van der Waals surface area contributed by atoms with Crippen molar-refractivity contribution < 1.29 is 29.4 Å². The molecule has 2 unspecified atom stereocenters. The number of rotatable bonds is 11. The van der Waals surface area contributed by atoms with Crippen LogP contribution in [0.3, 0.4) is 0 Å². The van der Waals surface area contributed by atoms with Crippen molar-refractivity contribution in [1.29, 1.82) is 0 Å². The summed E-state index contributed by atoms with van der Waals surface area (Å²) in [6.07, 6.45) is 3.00. The lowest BCUT2D eigenvalue weighted by atomic mass is 9.92. The number of carboxylic acid groups (broad SMARTS) is 1. The van der Waals surface area contributed by atoms with Gasteiger partial charge in [-0.15, -0.1) is 0 Å². The number of pyridine rings is 1. The molecule has 0 radical (unpaired) electrons. The number of amides is 3. The fourth-order valence-electron chi connectivity index (χ4n) is 4.79. The predicted molar refractivity (Wildman–Crippen MR) is 175 cm³/mol. The maximum Gasteiger partial charge on any atom is 0.312 e. The smallest absolute Gasteiger partial charge is 0.312 e. The second kappa shape index (κ2) is 14.7. The van der Waals surface area contributed by atoms with E-state index in [1.165, 1.54) is 16.9 Å². The number of hydrogen-bond donors (Lipinski definition) is 5. The molecule has 0 saturated carbocycles. The Labute approximate surface area is 272 Å². The van der Waals surface area contributed by atoms with Crippen LogP contribution in [0.15, 0.2) is 60.7 Å². The van der Waals surface area contributed by atoms with Gasteiger partial charge < -0.3 is 15.5 Å². The number of carboxylic acids is 1. The summed E-state index contributed by atoms with van der Waals surface area (Å²) in [6.45, 7) is 5.09. The van der Waals surface area contributed by atoms with Crippen LogP contribution in [0.1, 0.15) is 44.7 Å². The molecule has 244 valence electrons. The molecule has 0 spiro atoms. The van der Waals surface area contributed by atoms with Crippen LogP contribution in [-0.4, -0.2) is 75.7 Å². The van der Waals surface area contributed by atoms with E-state index in [2.05, 4.69) is 21.2 Å². The maximum absolute atomic E-state index is 13.2. The van der Waals surface area contributed by atoms with E-state index < -0.39 is 41.4 Å². The maximum atomic E-state index is 13.2. The number of nitrogens with zero attached hydrogens (tertiary/aromatic N) is 3. The first-order valence-corrected chi connectivity index (χ1v) is 15.3. The topological polar surface area (TPSA) is 164 Å². The van der Waals surface area contributed by atoms with Crippen molar-refractivity contribution in [2.45, 2.75) is 58.2 Å². The number of fused-ring (bicyclic) bond motifs is 1. The molecule has 1 aromatic heterocycles. The molecule has 12 nitrogen and oxygen atoms in total. The van der Waals surface area contributed by atoms with Crippen molar-refractivity contribution in [3.8, 4) is 0 Å². The molecule has 1 saturated heterocycles. The number of carbonyl (C=O) groups is 4. The zero-order valence-corrected chi connectivity index (χ0v) is 26.9. The van der Waals surface area contributed by atoms with E-state index in [1.807, 2.05) is 24.3 Å². The Balaban J connectivity index is 1.34. The highest BCUT2D eigenvalue weighted by atomic mass is 35.5. The Morgan fingerprint density at radius 2 is 1.89 bits per heavy atom. The van der Waals surface area contributed by atoms with Crippen LogP contribution in [0.4, 0.5) is 5.82 Å². The second-order valence-corrected chi connectivity index (χ2v) is 12.3. The van der Waals surface area contributed by atoms with E-state index in [-0.39, 0.29) is 12.3 Å². The van der Waals surface area contributed by atoms with Gasteiger partial charge in [-0.2, -0.15) is 0 Å². The standard InChI is InChI=1S/C33H39ClN6O6/c1-20(35-30(43)27(41)19-23-8-5-6-9-24(23)34)31(44)40-17-7-10-25(37-40)29(42)38-39(4)28-14-13-22-12-11-21(18-26(22)36-28)15-16-33(2,3)32(45)46/h5-6,8-9,11-16,18,20,25,27,37,41H,7,10,17,19H2,1-4H3,(H,35,43)(H,38,42)(H,45,46)/b16-15+/t20?,25-,27?/m0/s1. The molecule has 1 fully saturated rings. The summed E-state index contributed by atoms with van der Waals surface area (Å²) in [7, 11) is 1.66. The molecular weight excluding hydrogens is 612 g/mol. The Kier molecular flexibility index (Phi) is 11.0. The van der Waals surface area contributed by atoms with Gasteiger partial charge in [-0.3, -0.25) is 34.6 Å². The summed E-state index contributed by atoms with van der Waals surface area (Å²) >= 11 is 6.13. The molecule has 46 heavy (non-hydrogen) atoms. The average Bonchev–Trinajstić information content (AvgIpc) is 3.03.